The molecule has 1 N–H and O–H groups in total. The molecular weight excluding hydrogens is 310 g/mol. The Morgan fingerprint density at radius 3 is 2.92 bits per heavy atom. The second-order valence-electron chi connectivity index (χ2n) is 6.58. The summed E-state index contributed by atoms with van der Waals surface area (Å²) in [6, 6.07) is 0.0120. The van der Waals surface area contributed by atoms with Crippen LogP contribution in [-0.4, -0.2) is 78.5 Å². The van der Waals surface area contributed by atoms with E-state index in [1.165, 1.54) is 6.42 Å². The number of likely N-dealkylation sites (tertiary alicyclic amines) is 1. The van der Waals surface area contributed by atoms with Crippen molar-refractivity contribution < 1.29 is 14.1 Å². The highest BCUT2D eigenvalue weighted by atomic mass is 16.5. The summed E-state index contributed by atoms with van der Waals surface area (Å²) in [4.78, 5) is 20.9. The Bertz CT molecular complexity index is 530. The maximum atomic E-state index is 12.3. The molecule has 1 unspecified atom stereocenters. The van der Waals surface area contributed by atoms with Gasteiger partial charge in [0.1, 0.15) is 0 Å². The van der Waals surface area contributed by atoms with Gasteiger partial charge in [-0.3, -0.25) is 4.90 Å². The number of ether oxygens (including phenoxy) is 1. The van der Waals surface area contributed by atoms with E-state index in [4.69, 9.17) is 9.26 Å². The van der Waals surface area contributed by atoms with Crippen molar-refractivity contribution in [2.75, 3.05) is 52.5 Å². The smallest absolute Gasteiger partial charge is 0.317 e. The minimum absolute atomic E-state index is 0.0120. The van der Waals surface area contributed by atoms with E-state index in [0.29, 0.717) is 30.6 Å². The summed E-state index contributed by atoms with van der Waals surface area (Å²) in [6.45, 7) is 8.71. The Balaban J connectivity index is 1.39. The number of rotatable bonds is 5. The number of nitrogens with one attached hydrogen (secondary N) is 1. The van der Waals surface area contributed by atoms with Gasteiger partial charge in [-0.2, -0.15) is 4.98 Å². The molecule has 8 nitrogen and oxygen atoms in total. The third-order valence-corrected chi connectivity index (χ3v) is 4.61. The first-order chi connectivity index (χ1) is 11.7. The lowest BCUT2D eigenvalue weighted by Gasteiger charge is -2.36. The van der Waals surface area contributed by atoms with Gasteiger partial charge in [-0.15, -0.1) is 0 Å². The molecule has 2 aliphatic heterocycles. The van der Waals surface area contributed by atoms with Crippen LogP contribution in [0.15, 0.2) is 4.52 Å². The zero-order chi connectivity index (χ0) is 16.8. The quantitative estimate of drug-likeness (QED) is 0.850. The van der Waals surface area contributed by atoms with Crippen molar-refractivity contribution in [3.05, 3.63) is 11.7 Å². The SMILES string of the molecule is Cc1noc(CCNC(=O)N2CCCC(CN3CCOCC3)C2)n1. The highest BCUT2D eigenvalue weighted by Crippen LogP contribution is 2.18. The van der Waals surface area contributed by atoms with Crippen molar-refractivity contribution in [2.45, 2.75) is 26.2 Å². The van der Waals surface area contributed by atoms with E-state index >= 15 is 0 Å². The molecule has 1 atom stereocenters. The van der Waals surface area contributed by atoms with Gasteiger partial charge in [-0.05, 0) is 25.7 Å². The normalized spacial score (nSPS) is 22.5. The molecule has 2 fully saturated rings. The number of morpholine rings is 1. The van der Waals surface area contributed by atoms with Gasteiger partial charge in [0.15, 0.2) is 5.82 Å². The number of piperidine rings is 1. The van der Waals surface area contributed by atoms with E-state index in [1.54, 1.807) is 6.92 Å². The van der Waals surface area contributed by atoms with E-state index in [2.05, 4.69) is 20.4 Å². The molecule has 0 saturated carbocycles. The highest BCUT2D eigenvalue weighted by molar-refractivity contribution is 5.74. The van der Waals surface area contributed by atoms with Gasteiger partial charge in [0.2, 0.25) is 5.89 Å². The van der Waals surface area contributed by atoms with Crippen molar-refractivity contribution >= 4 is 6.03 Å². The van der Waals surface area contributed by atoms with E-state index in [9.17, 15) is 4.79 Å². The number of amides is 2. The molecule has 0 aliphatic carbocycles. The minimum Gasteiger partial charge on any atom is -0.379 e. The third-order valence-electron chi connectivity index (χ3n) is 4.61. The average molecular weight is 337 g/mol. The molecule has 2 saturated heterocycles. The summed E-state index contributed by atoms with van der Waals surface area (Å²) >= 11 is 0. The summed E-state index contributed by atoms with van der Waals surface area (Å²) in [6.07, 6.45) is 2.84. The number of carbonyl (C=O) groups is 1. The largest absolute Gasteiger partial charge is 0.379 e. The minimum atomic E-state index is 0.0120. The van der Waals surface area contributed by atoms with Crippen LogP contribution >= 0.6 is 0 Å². The van der Waals surface area contributed by atoms with E-state index in [0.717, 1.165) is 52.4 Å². The van der Waals surface area contributed by atoms with Crippen molar-refractivity contribution in [1.29, 1.82) is 0 Å². The molecule has 0 aromatic carbocycles. The summed E-state index contributed by atoms with van der Waals surface area (Å²) in [5, 5.41) is 6.71. The zero-order valence-corrected chi connectivity index (χ0v) is 14.4. The topological polar surface area (TPSA) is 83.7 Å². The molecule has 1 aromatic heterocycles. The molecule has 0 radical (unpaired) electrons. The molecule has 0 bridgehead atoms. The second kappa shape index (κ2) is 8.43. The molecule has 8 heteroatoms. The number of urea groups is 1. The van der Waals surface area contributed by atoms with Gasteiger partial charge < -0.3 is 19.5 Å². The van der Waals surface area contributed by atoms with E-state index in [-0.39, 0.29) is 6.03 Å². The number of aromatic nitrogens is 2. The molecule has 2 amide bonds. The average Bonchev–Trinajstić information content (AvgIpc) is 3.01. The van der Waals surface area contributed by atoms with Crippen LogP contribution in [-0.2, 0) is 11.2 Å². The second-order valence-corrected chi connectivity index (χ2v) is 6.58. The Kier molecular flexibility index (Phi) is 6.03. The number of aryl methyl sites for hydroxylation is 1. The number of nitrogens with zero attached hydrogens (tertiary/aromatic N) is 4. The van der Waals surface area contributed by atoms with Crippen LogP contribution in [0.5, 0.6) is 0 Å². The lowest BCUT2D eigenvalue weighted by Crippen LogP contribution is -2.49. The van der Waals surface area contributed by atoms with Gasteiger partial charge >= 0.3 is 6.03 Å². The molecule has 24 heavy (non-hydrogen) atoms. The van der Waals surface area contributed by atoms with Crippen molar-refractivity contribution in [1.82, 2.24) is 25.3 Å². The Morgan fingerprint density at radius 2 is 2.17 bits per heavy atom. The Hall–Kier alpha value is -1.67. The fourth-order valence-corrected chi connectivity index (χ4v) is 3.38. The van der Waals surface area contributed by atoms with Crippen molar-refractivity contribution in [2.24, 2.45) is 5.92 Å². The lowest BCUT2D eigenvalue weighted by molar-refractivity contribution is 0.0249. The summed E-state index contributed by atoms with van der Waals surface area (Å²) in [7, 11) is 0. The van der Waals surface area contributed by atoms with Gasteiger partial charge in [0.25, 0.3) is 0 Å². The Morgan fingerprint density at radius 1 is 1.33 bits per heavy atom. The van der Waals surface area contributed by atoms with E-state index < -0.39 is 0 Å². The summed E-state index contributed by atoms with van der Waals surface area (Å²) in [5.41, 5.74) is 0. The van der Waals surface area contributed by atoms with Crippen LogP contribution < -0.4 is 5.32 Å². The third kappa shape index (κ3) is 4.91. The number of hydrogen-bond donors (Lipinski definition) is 1. The molecule has 1 aromatic rings. The molecule has 134 valence electrons. The fourth-order valence-electron chi connectivity index (χ4n) is 3.38. The van der Waals surface area contributed by atoms with Crippen LogP contribution in [0.25, 0.3) is 0 Å². The lowest BCUT2D eigenvalue weighted by atomic mass is 9.97. The standard InChI is InChI=1S/C16H27N5O3/c1-13-18-15(24-19-13)4-5-17-16(22)21-6-2-3-14(12-21)11-20-7-9-23-10-8-20/h14H,2-12H2,1H3,(H,17,22). The monoisotopic (exact) mass is 337 g/mol. The zero-order valence-electron chi connectivity index (χ0n) is 14.4. The van der Waals surface area contributed by atoms with Gasteiger partial charge in [0, 0.05) is 45.7 Å². The summed E-state index contributed by atoms with van der Waals surface area (Å²) < 4.78 is 10.4. The fraction of sp³-hybridized carbons (Fsp3) is 0.812. The van der Waals surface area contributed by atoms with Gasteiger partial charge in [0.05, 0.1) is 13.2 Å². The number of hydrogen-bond acceptors (Lipinski definition) is 6. The molecule has 2 aliphatic rings. The Labute approximate surface area is 142 Å². The predicted molar refractivity (Wildman–Crippen MR) is 87.7 cm³/mol. The van der Waals surface area contributed by atoms with Crippen LogP contribution in [0.2, 0.25) is 0 Å². The number of carbonyl (C=O) groups excluding carboxylic acids is 1. The highest BCUT2D eigenvalue weighted by Gasteiger charge is 2.25. The van der Waals surface area contributed by atoms with Gasteiger partial charge in [-0.25, -0.2) is 4.79 Å². The van der Waals surface area contributed by atoms with E-state index in [1.807, 2.05) is 4.90 Å². The van der Waals surface area contributed by atoms with Crippen molar-refractivity contribution in [3.63, 3.8) is 0 Å². The molecular formula is C16H27N5O3. The maximum absolute atomic E-state index is 12.3. The first-order valence-electron chi connectivity index (χ1n) is 8.83. The summed E-state index contributed by atoms with van der Waals surface area (Å²) in [5.74, 6) is 1.75. The molecule has 0 spiro atoms. The van der Waals surface area contributed by atoms with Crippen LogP contribution in [0.4, 0.5) is 4.79 Å². The van der Waals surface area contributed by atoms with Crippen LogP contribution in [0.1, 0.15) is 24.6 Å². The molecule has 3 heterocycles. The maximum Gasteiger partial charge on any atom is 0.317 e. The van der Waals surface area contributed by atoms with Crippen LogP contribution in [0, 0.1) is 12.8 Å². The predicted octanol–water partition coefficient (Wildman–Crippen LogP) is 0.674. The molecule has 3 rings (SSSR count). The van der Waals surface area contributed by atoms with Gasteiger partial charge in [-0.1, -0.05) is 5.16 Å². The first-order valence-corrected chi connectivity index (χ1v) is 8.83. The van der Waals surface area contributed by atoms with Crippen molar-refractivity contribution in [3.8, 4) is 0 Å². The first kappa shape index (κ1) is 17.2. The van der Waals surface area contributed by atoms with Crippen LogP contribution in [0.3, 0.4) is 0 Å².